The summed E-state index contributed by atoms with van der Waals surface area (Å²) in [6.45, 7) is 3.51. The quantitative estimate of drug-likeness (QED) is 0.617. The van der Waals surface area contributed by atoms with Crippen LogP contribution in [0.1, 0.15) is 39.0 Å². The van der Waals surface area contributed by atoms with Gasteiger partial charge in [-0.05, 0) is 37.3 Å². The van der Waals surface area contributed by atoms with Crippen LogP contribution in [0.15, 0.2) is 30.3 Å². The van der Waals surface area contributed by atoms with E-state index in [1.165, 1.54) is 0 Å². The van der Waals surface area contributed by atoms with Crippen LogP contribution < -0.4 is 10.1 Å². The lowest BCUT2D eigenvalue weighted by molar-refractivity contribution is -0.121. The predicted octanol–water partition coefficient (Wildman–Crippen LogP) is 2.76. The SMILES string of the molecule is CCCC(CCO)CNC(=O)CCCOc1ccccc1. The summed E-state index contributed by atoms with van der Waals surface area (Å²) in [5, 5.41) is 11.9. The zero-order valence-electron chi connectivity index (χ0n) is 12.9. The molecule has 1 amide bonds. The van der Waals surface area contributed by atoms with Gasteiger partial charge in [-0.25, -0.2) is 0 Å². The van der Waals surface area contributed by atoms with E-state index in [0.717, 1.165) is 25.0 Å². The lowest BCUT2D eigenvalue weighted by Crippen LogP contribution is -2.29. The highest BCUT2D eigenvalue weighted by molar-refractivity contribution is 5.75. The fraction of sp³-hybridized carbons (Fsp3) is 0.588. The smallest absolute Gasteiger partial charge is 0.220 e. The van der Waals surface area contributed by atoms with Gasteiger partial charge in [0.1, 0.15) is 5.75 Å². The predicted molar refractivity (Wildman–Crippen MR) is 84.3 cm³/mol. The van der Waals surface area contributed by atoms with E-state index in [2.05, 4.69) is 12.2 Å². The van der Waals surface area contributed by atoms with Crippen molar-refractivity contribution >= 4 is 5.91 Å². The van der Waals surface area contributed by atoms with Crippen LogP contribution in [0.3, 0.4) is 0 Å². The number of hydrogen-bond acceptors (Lipinski definition) is 3. The highest BCUT2D eigenvalue weighted by Crippen LogP contribution is 2.10. The van der Waals surface area contributed by atoms with Crippen molar-refractivity contribution in [3.63, 3.8) is 0 Å². The van der Waals surface area contributed by atoms with E-state index < -0.39 is 0 Å². The first-order chi connectivity index (χ1) is 10.3. The van der Waals surface area contributed by atoms with Gasteiger partial charge in [-0.2, -0.15) is 0 Å². The molecule has 1 aromatic rings. The topological polar surface area (TPSA) is 58.6 Å². The van der Waals surface area contributed by atoms with Gasteiger partial charge in [0.15, 0.2) is 0 Å². The number of aliphatic hydroxyl groups excluding tert-OH is 1. The summed E-state index contributed by atoms with van der Waals surface area (Å²) in [6, 6.07) is 9.61. The average molecular weight is 293 g/mol. The minimum absolute atomic E-state index is 0.0608. The zero-order chi connectivity index (χ0) is 15.3. The Bertz CT molecular complexity index is 375. The Labute approximate surface area is 127 Å². The van der Waals surface area contributed by atoms with Crippen molar-refractivity contribution in [3.8, 4) is 5.75 Å². The second-order valence-corrected chi connectivity index (χ2v) is 5.24. The lowest BCUT2D eigenvalue weighted by atomic mass is 10.0. The third-order valence-electron chi connectivity index (χ3n) is 3.38. The number of carbonyl (C=O) groups excluding carboxylic acids is 1. The van der Waals surface area contributed by atoms with Gasteiger partial charge >= 0.3 is 0 Å². The molecule has 21 heavy (non-hydrogen) atoms. The van der Waals surface area contributed by atoms with Crippen LogP contribution in [0.5, 0.6) is 5.75 Å². The molecule has 0 aliphatic rings. The number of para-hydroxylation sites is 1. The normalized spacial score (nSPS) is 11.9. The molecular formula is C17H27NO3. The summed E-state index contributed by atoms with van der Waals surface area (Å²) < 4.78 is 5.55. The van der Waals surface area contributed by atoms with Gasteiger partial charge in [0.25, 0.3) is 0 Å². The minimum atomic E-state index is 0.0608. The van der Waals surface area contributed by atoms with Crippen LogP contribution in [-0.2, 0) is 4.79 Å². The first-order valence-electron chi connectivity index (χ1n) is 7.81. The lowest BCUT2D eigenvalue weighted by Gasteiger charge is -2.15. The van der Waals surface area contributed by atoms with Gasteiger partial charge in [-0.1, -0.05) is 31.5 Å². The molecule has 0 radical (unpaired) electrons. The molecule has 1 rings (SSSR count). The molecule has 0 saturated heterocycles. The fourth-order valence-corrected chi connectivity index (χ4v) is 2.23. The highest BCUT2D eigenvalue weighted by Gasteiger charge is 2.09. The molecule has 0 heterocycles. The molecule has 0 aliphatic heterocycles. The van der Waals surface area contributed by atoms with Crippen LogP contribution in [0.2, 0.25) is 0 Å². The summed E-state index contributed by atoms with van der Waals surface area (Å²) >= 11 is 0. The van der Waals surface area contributed by atoms with E-state index >= 15 is 0 Å². The van der Waals surface area contributed by atoms with Gasteiger partial charge in [-0.15, -0.1) is 0 Å². The van der Waals surface area contributed by atoms with Crippen molar-refractivity contribution in [2.45, 2.75) is 39.0 Å². The number of hydrogen-bond donors (Lipinski definition) is 2. The van der Waals surface area contributed by atoms with Gasteiger partial charge in [0, 0.05) is 19.6 Å². The monoisotopic (exact) mass is 293 g/mol. The number of carbonyl (C=O) groups is 1. The van der Waals surface area contributed by atoms with Crippen LogP contribution >= 0.6 is 0 Å². The molecule has 1 atom stereocenters. The van der Waals surface area contributed by atoms with Gasteiger partial charge in [-0.3, -0.25) is 4.79 Å². The second-order valence-electron chi connectivity index (χ2n) is 5.24. The number of amides is 1. The molecule has 4 heteroatoms. The van der Waals surface area contributed by atoms with Crippen molar-refractivity contribution in [3.05, 3.63) is 30.3 Å². The number of benzene rings is 1. The van der Waals surface area contributed by atoms with Gasteiger partial charge in [0.2, 0.25) is 5.91 Å². The zero-order valence-corrected chi connectivity index (χ0v) is 12.9. The Morgan fingerprint density at radius 3 is 2.71 bits per heavy atom. The molecule has 0 fully saturated rings. The standard InChI is InChI=1S/C17H27NO3/c1-2-7-15(11-12-19)14-18-17(20)10-6-13-21-16-8-4-3-5-9-16/h3-5,8-9,15,19H,2,6-7,10-14H2,1H3,(H,18,20). The molecule has 0 bridgehead atoms. The summed E-state index contributed by atoms with van der Waals surface area (Å²) in [7, 11) is 0. The number of rotatable bonds is 11. The van der Waals surface area contributed by atoms with Crippen molar-refractivity contribution in [2.24, 2.45) is 5.92 Å². The van der Waals surface area contributed by atoms with Gasteiger partial charge in [0.05, 0.1) is 6.61 Å². The molecule has 1 unspecified atom stereocenters. The summed E-state index contributed by atoms with van der Waals surface area (Å²) in [5.41, 5.74) is 0. The Morgan fingerprint density at radius 2 is 2.05 bits per heavy atom. The van der Waals surface area contributed by atoms with Crippen molar-refractivity contribution in [1.29, 1.82) is 0 Å². The van der Waals surface area contributed by atoms with E-state index in [-0.39, 0.29) is 12.5 Å². The molecule has 4 nitrogen and oxygen atoms in total. The number of ether oxygens (including phenoxy) is 1. The molecule has 0 aromatic heterocycles. The first-order valence-corrected chi connectivity index (χ1v) is 7.81. The largest absolute Gasteiger partial charge is 0.494 e. The van der Waals surface area contributed by atoms with Crippen molar-refractivity contribution < 1.29 is 14.6 Å². The Morgan fingerprint density at radius 1 is 1.29 bits per heavy atom. The maximum Gasteiger partial charge on any atom is 0.220 e. The molecule has 0 spiro atoms. The van der Waals surface area contributed by atoms with E-state index in [0.29, 0.717) is 31.9 Å². The molecule has 1 aromatic carbocycles. The van der Waals surface area contributed by atoms with E-state index in [9.17, 15) is 4.79 Å². The van der Waals surface area contributed by atoms with Crippen LogP contribution in [-0.4, -0.2) is 30.8 Å². The number of aliphatic hydroxyl groups is 1. The Hall–Kier alpha value is -1.55. The summed E-state index contributed by atoms with van der Waals surface area (Å²) in [4.78, 5) is 11.7. The van der Waals surface area contributed by atoms with Crippen molar-refractivity contribution in [2.75, 3.05) is 19.8 Å². The molecule has 0 aliphatic carbocycles. The molecule has 0 saturated carbocycles. The second kappa shape index (κ2) is 11.1. The number of nitrogens with one attached hydrogen (secondary N) is 1. The third kappa shape index (κ3) is 8.35. The average Bonchev–Trinajstić information content (AvgIpc) is 2.51. The molecule has 2 N–H and O–H groups in total. The maximum atomic E-state index is 11.7. The molecule has 118 valence electrons. The van der Waals surface area contributed by atoms with Gasteiger partial charge < -0.3 is 15.2 Å². The summed E-state index contributed by atoms with van der Waals surface area (Å²) in [6.07, 6.45) is 4.05. The minimum Gasteiger partial charge on any atom is -0.494 e. The molecular weight excluding hydrogens is 266 g/mol. The van der Waals surface area contributed by atoms with E-state index in [1.54, 1.807) is 0 Å². The maximum absolute atomic E-state index is 11.7. The third-order valence-corrected chi connectivity index (χ3v) is 3.38. The Kier molecular flexibility index (Phi) is 9.29. The van der Waals surface area contributed by atoms with E-state index in [4.69, 9.17) is 9.84 Å². The van der Waals surface area contributed by atoms with Crippen LogP contribution in [0, 0.1) is 5.92 Å². The highest BCUT2D eigenvalue weighted by atomic mass is 16.5. The fourth-order valence-electron chi connectivity index (χ4n) is 2.23. The Balaban J connectivity index is 2.10. The van der Waals surface area contributed by atoms with Crippen LogP contribution in [0.25, 0.3) is 0 Å². The van der Waals surface area contributed by atoms with E-state index in [1.807, 2.05) is 30.3 Å². The first kappa shape index (κ1) is 17.5. The summed E-state index contributed by atoms with van der Waals surface area (Å²) in [5.74, 6) is 1.28. The van der Waals surface area contributed by atoms with Crippen LogP contribution in [0.4, 0.5) is 0 Å². The van der Waals surface area contributed by atoms with Crippen molar-refractivity contribution in [1.82, 2.24) is 5.32 Å².